The average molecular weight is 523 g/mol. The lowest BCUT2D eigenvalue weighted by atomic mass is 10.1. The van der Waals surface area contributed by atoms with E-state index in [0.717, 1.165) is 52.1 Å². The second kappa shape index (κ2) is 11.0. The topological polar surface area (TPSA) is 58.6 Å². The van der Waals surface area contributed by atoms with Gasteiger partial charge in [-0.15, -0.1) is 0 Å². The Morgan fingerprint density at radius 2 is 1.76 bits per heavy atom. The van der Waals surface area contributed by atoms with Crippen LogP contribution < -0.4 is 10.1 Å². The molecule has 178 valence electrons. The maximum absolute atomic E-state index is 13.4. The summed E-state index contributed by atoms with van der Waals surface area (Å²) in [6.07, 6.45) is 4.28. The van der Waals surface area contributed by atoms with Gasteiger partial charge in [-0.2, -0.15) is 0 Å². The number of nitrogens with one attached hydrogen (secondary N) is 1. The Hall–Kier alpha value is -2.86. The van der Waals surface area contributed by atoms with E-state index in [9.17, 15) is 9.59 Å². The molecule has 34 heavy (non-hydrogen) atoms. The van der Waals surface area contributed by atoms with Crippen LogP contribution >= 0.6 is 15.9 Å². The zero-order valence-electron chi connectivity index (χ0n) is 19.7. The maximum atomic E-state index is 13.4. The number of ether oxygens (including phenoxy) is 1. The predicted molar refractivity (Wildman–Crippen MR) is 139 cm³/mol. The van der Waals surface area contributed by atoms with Crippen molar-refractivity contribution in [2.45, 2.75) is 58.2 Å². The Balaban J connectivity index is 1.51. The van der Waals surface area contributed by atoms with Crippen LogP contribution in [0.25, 0.3) is 10.8 Å². The van der Waals surface area contributed by atoms with E-state index in [1.54, 1.807) is 11.8 Å². The third kappa shape index (κ3) is 5.61. The van der Waals surface area contributed by atoms with E-state index in [-0.39, 0.29) is 24.5 Å². The van der Waals surface area contributed by atoms with Gasteiger partial charge in [0, 0.05) is 12.6 Å². The maximum Gasteiger partial charge on any atom is 0.261 e. The molecule has 0 spiro atoms. The molecule has 1 N–H and O–H groups in total. The molecule has 0 radical (unpaired) electrons. The highest BCUT2D eigenvalue weighted by Gasteiger charge is 2.29. The van der Waals surface area contributed by atoms with Gasteiger partial charge >= 0.3 is 0 Å². The highest BCUT2D eigenvalue weighted by molar-refractivity contribution is 9.10. The molecule has 1 fully saturated rings. The number of hydrogen-bond donors (Lipinski definition) is 1. The number of amides is 2. The molecule has 5 nitrogen and oxygen atoms in total. The molecular formula is C28H31BrN2O3. The lowest BCUT2D eigenvalue weighted by Crippen LogP contribution is -2.50. The molecule has 1 saturated carbocycles. The molecule has 0 saturated heterocycles. The van der Waals surface area contributed by atoms with Crippen molar-refractivity contribution in [1.29, 1.82) is 0 Å². The second-order valence-electron chi connectivity index (χ2n) is 9.00. The largest absolute Gasteiger partial charge is 0.483 e. The number of halogens is 1. The van der Waals surface area contributed by atoms with Crippen molar-refractivity contribution in [3.8, 4) is 5.75 Å². The van der Waals surface area contributed by atoms with Crippen molar-refractivity contribution >= 4 is 38.5 Å². The molecule has 0 aliphatic heterocycles. The summed E-state index contributed by atoms with van der Waals surface area (Å²) in [6, 6.07) is 19.4. The van der Waals surface area contributed by atoms with Crippen LogP contribution in [-0.2, 0) is 16.1 Å². The summed E-state index contributed by atoms with van der Waals surface area (Å²) in [5, 5.41) is 5.25. The van der Waals surface area contributed by atoms with E-state index in [1.807, 2.05) is 67.6 Å². The van der Waals surface area contributed by atoms with E-state index in [0.29, 0.717) is 12.3 Å². The van der Waals surface area contributed by atoms with E-state index in [2.05, 4.69) is 21.2 Å². The molecule has 2 amide bonds. The van der Waals surface area contributed by atoms with E-state index in [1.165, 1.54) is 0 Å². The van der Waals surface area contributed by atoms with Crippen molar-refractivity contribution < 1.29 is 14.3 Å². The van der Waals surface area contributed by atoms with Gasteiger partial charge in [-0.3, -0.25) is 9.59 Å². The highest BCUT2D eigenvalue weighted by atomic mass is 79.9. The lowest BCUT2D eigenvalue weighted by Gasteiger charge is -2.30. The number of aryl methyl sites for hydroxylation is 1. The molecule has 0 heterocycles. The van der Waals surface area contributed by atoms with Gasteiger partial charge in [0.1, 0.15) is 11.8 Å². The fourth-order valence-corrected chi connectivity index (χ4v) is 5.10. The minimum Gasteiger partial charge on any atom is -0.483 e. The number of hydrogen-bond acceptors (Lipinski definition) is 3. The number of nitrogens with zero attached hydrogens (tertiary/aromatic N) is 1. The number of rotatable bonds is 8. The molecule has 0 bridgehead atoms. The first-order valence-corrected chi connectivity index (χ1v) is 12.7. The minimum atomic E-state index is -0.601. The van der Waals surface area contributed by atoms with Gasteiger partial charge in [0.25, 0.3) is 5.91 Å². The standard InChI is InChI=1S/C28H31BrN2O3/c1-19-9-3-4-11-22(19)17-31(20(2)28(33)30-23-12-6-7-13-23)26(32)18-34-25-16-15-21-10-5-8-14-24(21)27(25)29/h3-5,8-11,14-16,20,23H,6-7,12-13,17-18H2,1-2H3,(H,30,33)/t20-/m0/s1. The number of carbonyl (C=O) groups is 2. The van der Waals surface area contributed by atoms with Crippen LogP contribution in [-0.4, -0.2) is 35.4 Å². The summed E-state index contributed by atoms with van der Waals surface area (Å²) < 4.78 is 6.76. The third-order valence-electron chi connectivity index (χ3n) is 6.65. The Morgan fingerprint density at radius 3 is 2.53 bits per heavy atom. The Bertz CT molecular complexity index is 1170. The first kappa shape index (κ1) is 24.3. The van der Waals surface area contributed by atoms with E-state index >= 15 is 0 Å². The third-order valence-corrected chi connectivity index (χ3v) is 7.47. The lowest BCUT2D eigenvalue weighted by molar-refractivity contribution is -0.142. The van der Waals surface area contributed by atoms with E-state index < -0.39 is 6.04 Å². The molecule has 0 unspecified atom stereocenters. The van der Waals surface area contributed by atoms with Gasteiger partial charge in [0.05, 0.1) is 4.47 Å². The van der Waals surface area contributed by atoms with Crippen molar-refractivity contribution in [3.63, 3.8) is 0 Å². The Morgan fingerprint density at radius 1 is 1.06 bits per heavy atom. The van der Waals surface area contributed by atoms with Crippen LogP contribution in [0.2, 0.25) is 0 Å². The van der Waals surface area contributed by atoms with Crippen LogP contribution in [0.5, 0.6) is 5.75 Å². The molecule has 6 heteroatoms. The number of benzene rings is 3. The zero-order valence-corrected chi connectivity index (χ0v) is 21.3. The van der Waals surface area contributed by atoms with Crippen LogP contribution in [0.15, 0.2) is 65.1 Å². The fourth-order valence-electron chi connectivity index (χ4n) is 4.49. The van der Waals surface area contributed by atoms with Crippen molar-refractivity contribution in [1.82, 2.24) is 10.2 Å². The van der Waals surface area contributed by atoms with Crippen LogP contribution in [0.3, 0.4) is 0 Å². The fraction of sp³-hybridized carbons (Fsp3) is 0.357. The zero-order chi connectivity index (χ0) is 24.1. The highest BCUT2D eigenvalue weighted by Crippen LogP contribution is 2.33. The summed E-state index contributed by atoms with van der Waals surface area (Å²) >= 11 is 3.62. The molecule has 3 aromatic carbocycles. The molecule has 1 atom stereocenters. The van der Waals surface area contributed by atoms with E-state index in [4.69, 9.17) is 4.74 Å². The SMILES string of the molecule is Cc1ccccc1CN(C(=O)COc1ccc2ccccc2c1Br)[C@@H](C)C(=O)NC1CCCC1. The number of fused-ring (bicyclic) bond motifs is 1. The van der Waals surface area contributed by atoms with Crippen LogP contribution in [0.1, 0.15) is 43.7 Å². The van der Waals surface area contributed by atoms with Crippen molar-refractivity contribution in [3.05, 3.63) is 76.3 Å². The monoisotopic (exact) mass is 522 g/mol. The van der Waals surface area contributed by atoms with Crippen molar-refractivity contribution in [2.24, 2.45) is 0 Å². The molecule has 1 aliphatic carbocycles. The molecule has 0 aromatic heterocycles. The van der Waals surface area contributed by atoms with Crippen molar-refractivity contribution in [2.75, 3.05) is 6.61 Å². The first-order chi connectivity index (χ1) is 16.4. The summed E-state index contributed by atoms with van der Waals surface area (Å²) in [5.74, 6) is 0.268. The molecule has 3 aromatic rings. The normalized spacial score (nSPS) is 14.7. The smallest absolute Gasteiger partial charge is 0.261 e. The van der Waals surface area contributed by atoms with Gasteiger partial charge in [0.2, 0.25) is 5.91 Å². The summed E-state index contributed by atoms with van der Waals surface area (Å²) in [4.78, 5) is 28.1. The summed E-state index contributed by atoms with van der Waals surface area (Å²) in [6.45, 7) is 4.02. The van der Waals surface area contributed by atoms with Gasteiger partial charge in [0.15, 0.2) is 6.61 Å². The summed E-state index contributed by atoms with van der Waals surface area (Å²) in [7, 11) is 0. The Labute approximate surface area is 209 Å². The van der Waals surface area contributed by atoms with Gasteiger partial charge in [-0.05, 0) is 70.6 Å². The van der Waals surface area contributed by atoms with Gasteiger partial charge in [-0.1, -0.05) is 67.4 Å². The second-order valence-corrected chi connectivity index (χ2v) is 9.79. The molecule has 4 rings (SSSR count). The predicted octanol–water partition coefficient (Wildman–Crippen LogP) is 5.77. The van der Waals surface area contributed by atoms with Crippen LogP contribution in [0.4, 0.5) is 0 Å². The van der Waals surface area contributed by atoms with Crippen LogP contribution in [0, 0.1) is 6.92 Å². The molecule has 1 aliphatic rings. The minimum absolute atomic E-state index is 0.110. The van der Waals surface area contributed by atoms with Gasteiger partial charge in [-0.25, -0.2) is 0 Å². The average Bonchev–Trinajstić information content (AvgIpc) is 3.36. The Kier molecular flexibility index (Phi) is 7.88. The summed E-state index contributed by atoms with van der Waals surface area (Å²) in [5.41, 5.74) is 2.10. The quantitative estimate of drug-likeness (QED) is 0.408. The molecular weight excluding hydrogens is 492 g/mol. The van der Waals surface area contributed by atoms with Gasteiger partial charge < -0.3 is 15.0 Å². The number of carbonyl (C=O) groups excluding carboxylic acids is 2. The first-order valence-electron chi connectivity index (χ1n) is 11.9.